The molecule has 0 aliphatic heterocycles. The summed E-state index contributed by atoms with van der Waals surface area (Å²) in [5, 5.41) is 8.89. The van der Waals surface area contributed by atoms with Crippen LogP contribution in [0.5, 0.6) is 5.75 Å². The summed E-state index contributed by atoms with van der Waals surface area (Å²) in [5.41, 5.74) is 1.34. The van der Waals surface area contributed by atoms with Crippen LogP contribution in [-0.4, -0.2) is 18.8 Å². The van der Waals surface area contributed by atoms with Gasteiger partial charge in [0.05, 0.1) is 13.7 Å². The fourth-order valence-electron chi connectivity index (χ4n) is 2.30. The van der Waals surface area contributed by atoms with Gasteiger partial charge in [-0.3, -0.25) is 0 Å². The first-order chi connectivity index (χ1) is 9.15. The zero-order valence-electron chi connectivity index (χ0n) is 12.3. The Morgan fingerprint density at radius 3 is 2.42 bits per heavy atom. The molecule has 1 aromatic rings. The molecule has 0 bridgehead atoms. The lowest BCUT2D eigenvalue weighted by molar-refractivity contribution is 0.340. The normalized spacial score (nSPS) is 13.1. The molecule has 1 atom stereocenters. The van der Waals surface area contributed by atoms with Gasteiger partial charge in [0.25, 0.3) is 0 Å². The van der Waals surface area contributed by atoms with Crippen LogP contribution in [0.15, 0.2) is 36.4 Å². The molecule has 2 nitrogen and oxygen atoms in total. The van der Waals surface area contributed by atoms with E-state index in [4.69, 9.17) is 9.84 Å². The number of aliphatic hydroxyl groups excluding tert-OH is 1. The molecule has 0 heterocycles. The Morgan fingerprint density at radius 1 is 1.21 bits per heavy atom. The maximum atomic E-state index is 8.89. The van der Waals surface area contributed by atoms with Crippen LogP contribution in [-0.2, 0) is 6.42 Å². The summed E-state index contributed by atoms with van der Waals surface area (Å²) in [4.78, 5) is 0. The highest BCUT2D eigenvalue weighted by Gasteiger charge is 2.08. The van der Waals surface area contributed by atoms with Gasteiger partial charge in [-0.2, -0.15) is 0 Å². The highest BCUT2D eigenvalue weighted by atomic mass is 16.5. The smallest absolute Gasteiger partial charge is 0.118 e. The van der Waals surface area contributed by atoms with Crippen molar-refractivity contribution in [2.24, 2.45) is 11.8 Å². The minimum Gasteiger partial charge on any atom is -0.497 e. The van der Waals surface area contributed by atoms with E-state index in [1.807, 2.05) is 18.2 Å². The van der Waals surface area contributed by atoms with Gasteiger partial charge in [-0.1, -0.05) is 38.1 Å². The number of aliphatic hydroxyl groups is 1. The minimum absolute atomic E-state index is 0.136. The van der Waals surface area contributed by atoms with E-state index in [1.54, 1.807) is 7.11 Å². The first-order valence-electron chi connectivity index (χ1n) is 7.06. The average molecular weight is 262 g/mol. The Labute approximate surface area is 117 Å². The summed E-state index contributed by atoms with van der Waals surface area (Å²) in [7, 11) is 1.69. The predicted octanol–water partition coefficient (Wildman–Crippen LogP) is 3.84. The van der Waals surface area contributed by atoms with E-state index in [9.17, 15) is 0 Å². The zero-order valence-corrected chi connectivity index (χ0v) is 12.3. The second-order valence-electron chi connectivity index (χ2n) is 5.39. The summed E-state index contributed by atoms with van der Waals surface area (Å²) >= 11 is 0. The Hall–Kier alpha value is -1.28. The number of rotatable bonds is 8. The quantitative estimate of drug-likeness (QED) is 0.721. The third-order valence-corrected chi connectivity index (χ3v) is 3.25. The Bertz CT molecular complexity index is 365. The Kier molecular flexibility index (Phi) is 7.27. The maximum absolute atomic E-state index is 8.89. The molecular formula is C17H26O2. The van der Waals surface area contributed by atoms with Crippen LogP contribution >= 0.6 is 0 Å². The van der Waals surface area contributed by atoms with Gasteiger partial charge in [-0.15, -0.1) is 0 Å². The molecule has 1 unspecified atom stereocenters. The average Bonchev–Trinajstić information content (AvgIpc) is 2.42. The largest absolute Gasteiger partial charge is 0.497 e. The van der Waals surface area contributed by atoms with E-state index in [1.165, 1.54) is 12.0 Å². The molecule has 0 saturated carbocycles. The Balaban J connectivity index is 2.51. The lowest BCUT2D eigenvalue weighted by Gasteiger charge is -2.15. The van der Waals surface area contributed by atoms with Crippen molar-refractivity contribution in [1.29, 1.82) is 0 Å². The van der Waals surface area contributed by atoms with E-state index >= 15 is 0 Å². The molecule has 0 aliphatic rings. The third kappa shape index (κ3) is 6.44. The van der Waals surface area contributed by atoms with Crippen molar-refractivity contribution in [3.63, 3.8) is 0 Å². The van der Waals surface area contributed by atoms with E-state index in [-0.39, 0.29) is 6.61 Å². The van der Waals surface area contributed by atoms with Gasteiger partial charge >= 0.3 is 0 Å². The van der Waals surface area contributed by atoms with E-state index in [2.05, 4.69) is 32.1 Å². The van der Waals surface area contributed by atoms with Crippen LogP contribution in [0.3, 0.4) is 0 Å². The van der Waals surface area contributed by atoms with Crippen molar-refractivity contribution in [3.05, 3.63) is 42.0 Å². The van der Waals surface area contributed by atoms with Crippen LogP contribution in [0.2, 0.25) is 0 Å². The molecule has 0 fully saturated rings. The molecule has 1 aromatic carbocycles. The second kappa shape index (κ2) is 8.76. The minimum atomic E-state index is 0.136. The van der Waals surface area contributed by atoms with Crippen LogP contribution in [0.4, 0.5) is 0 Å². The SMILES string of the molecule is COc1ccc(CCC(/C=C\CO)CC(C)C)cc1. The lowest BCUT2D eigenvalue weighted by atomic mass is 9.91. The number of ether oxygens (including phenoxy) is 1. The monoisotopic (exact) mass is 262 g/mol. The van der Waals surface area contributed by atoms with Crippen molar-refractivity contribution in [2.45, 2.75) is 33.1 Å². The maximum Gasteiger partial charge on any atom is 0.118 e. The van der Waals surface area contributed by atoms with Gasteiger partial charge in [0, 0.05) is 0 Å². The van der Waals surface area contributed by atoms with Gasteiger partial charge in [0.2, 0.25) is 0 Å². The second-order valence-corrected chi connectivity index (χ2v) is 5.39. The number of allylic oxidation sites excluding steroid dienone is 1. The molecular weight excluding hydrogens is 236 g/mol. The fraction of sp³-hybridized carbons (Fsp3) is 0.529. The van der Waals surface area contributed by atoms with Gasteiger partial charge in [-0.25, -0.2) is 0 Å². The van der Waals surface area contributed by atoms with Crippen LogP contribution in [0.1, 0.15) is 32.3 Å². The molecule has 106 valence electrons. The highest BCUT2D eigenvalue weighted by Crippen LogP contribution is 2.20. The summed E-state index contributed by atoms with van der Waals surface area (Å²) < 4.78 is 5.16. The van der Waals surface area contributed by atoms with Gasteiger partial charge < -0.3 is 9.84 Å². The molecule has 0 radical (unpaired) electrons. The molecule has 1 N–H and O–H groups in total. The molecule has 19 heavy (non-hydrogen) atoms. The summed E-state index contributed by atoms with van der Waals surface area (Å²) in [5.74, 6) is 2.14. The lowest BCUT2D eigenvalue weighted by Crippen LogP contribution is -2.04. The van der Waals surface area contributed by atoms with Crippen molar-refractivity contribution in [2.75, 3.05) is 13.7 Å². The summed E-state index contributed by atoms with van der Waals surface area (Å²) in [6, 6.07) is 8.27. The van der Waals surface area contributed by atoms with Gasteiger partial charge in [0.15, 0.2) is 0 Å². The Morgan fingerprint density at radius 2 is 1.89 bits per heavy atom. The molecule has 0 spiro atoms. The van der Waals surface area contributed by atoms with E-state index in [0.29, 0.717) is 11.8 Å². The standard InChI is InChI=1S/C17H26O2/c1-14(2)13-16(5-4-12-18)7-6-15-8-10-17(19-3)11-9-15/h4-5,8-11,14,16,18H,6-7,12-13H2,1-3H3/b5-4-. The molecule has 0 aromatic heterocycles. The van der Waals surface area contributed by atoms with Gasteiger partial charge in [0.1, 0.15) is 5.75 Å². The van der Waals surface area contributed by atoms with Gasteiger partial charge in [-0.05, 0) is 48.8 Å². The first-order valence-corrected chi connectivity index (χ1v) is 7.06. The molecule has 0 aliphatic carbocycles. The van der Waals surface area contributed by atoms with Crippen molar-refractivity contribution in [3.8, 4) is 5.75 Å². The number of hydrogen-bond donors (Lipinski definition) is 1. The molecule has 0 saturated heterocycles. The molecule has 0 amide bonds. The fourth-order valence-corrected chi connectivity index (χ4v) is 2.30. The highest BCUT2D eigenvalue weighted by molar-refractivity contribution is 5.27. The van der Waals surface area contributed by atoms with E-state index < -0.39 is 0 Å². The van der Waals surface area contributed by atoms with Crippen molar-refractivity contribution >= 4 is 0 Å². The van der Waals surface area contributed by atoms with Crippen molar-refractivity contribution in [1.82, 2.24) is 0 Å². The van der Waals surface area contributed by atoms with E-state index in [0.717, 1.165) is 18.6 Å². The molecule has 2 heteroatoms. The van der Waals surface area contributed by atoms with Crippen LogP contribution in [0, 0.1) is 11.8 Å². The van der Waals surface area contributed by atoms with Crippen molar-refractivity contribution < 1.29 is 9.84 Å². The number of aryl methyl sites for hydroxylation is 1. The summed E-state index contributed by atoms with van der Waals surface area (Å²) in [6.07, 6.45) is 7.38. The third-order valence-electron chi connectivity index (χ3n) is 3.25. The molecule has 1 rings (SSSR count). The topological polar surface area (TPSA) is 29.5 Å². The number of methoxy groups -OCH3 is 1. The van der Waals surface area contributed by atoms with Crippen LogP contribution < -0.4 is 4.74 Å². The van der Waals surface area contributed by atoms with Crippen LogP contribution in [0.25, 0.3) is 0 Å². The zero-order chi connectivity index (χ0) is 14.1. The number of hydrogen-bond acceptors (Lipinski definition) is 2. The summed E-state index contributed by atoms with van der Waals surface area (Å²) in [6.45, 7) is 4.62. The number of benzene rings is 1. The first kappa shape index (κ1) is 15.8. The predicted molar refractivity (Wildman–Crippen MR) is 80.5 cm³/mol.